The van der Waals surface area contributed by atoms with Crippen molar-refractivity contribution in [1.82, 2.24) is 4.98 Å². The van der Waals surface area contributed by atoms with Gasteiger partial charge in [-0.3, -0.25) is 4.98 Å². The van der Waals surface area contributed by atoms with E-state index in [1.54, 1.807) is 12.1 Å². The number of rotatable bonds is 2. The van der Waals surface area contributed by atoms with Crippen LogP contribution < -0.4 is 0 Å². The number of pyridine rings is 1. The van der Waals surface area contributed by atoms with Crippen LogP contribution in [0.1, 0.15) is 11.3 Å². The summed E-state index contributed by atoms with van der Waals surface area (Å²) in [5.41, 5.74) is 1.01. The molecule has 0 aliphatic carbocycles. The number of alkyl halides is 3. The van der Waals surface area contributed by atoms with Gasteiger partial charge in [-0.1, -0.05) is 40.9 Å². The van der Waals surface area contributed by atoms with Crippen molar-refractivity contribution in [3.05, 3.63) is 29.6 Å². The average molecular weight is 313 g/mol. The molecule has 1 aromatic heterocycles. The zero-order valence-electron chi connectivity index (χ0n) is 8.73. The van der Waals surface area contributed by atoms with Crippen molar-refractivity contribution in [2.45, 2.75) is 10.3 Å². The van der Waals surface area contributed by atoms with E-state index in [2.05, 4.69) is 4.98 Å². The van der Waals surface area contributed by atoms with Crippen molar-refractivity contribution < 1.29 is 8.50 Å². The summed E-state index contributed by atoms with van der Waals surface area (Å²) in [4.78, 5) is 3.97. The Morgan fingerprint density at radius 2 is 2.18 bits per heavy atom. The first kappa shape index (κ1) is 14.7. The molecule has 0 fully saturated rings. The van der Waals surface area contributed by atoms with Gasteiger partial charge in [0.15, 0.2) is 5.26 Å². The Balaban J connectivity index is 2.91. The predicted octanol–water partition coefficient (Wildman–Crippen LogP) is 2.46. The Hall–Kier alpha value is -0.380. The Labute approximate surface area is 117 Å². The molecule has 1 rings (SSSR count). The van der Waals surface area contributed by atoms with E-state index in [0.29, 0.717) is 11.3 Å². The average Bonchev–Trinajstić information content (AvgIpc) is 2.25. The van der Waals surface area contributed by atoms with Gasteiger partial charge in [-0.05, 0) is 12.3 Å². The summed E-state index contributed by atoms with van der Waals surface area (Å²) in [5, 5.41) is 8.74. The maximum absolute atomic E-state index is 11.1. The minimum absolute atomic E-state index is 0.201. The number of halogens is 3. The summed E-state index contributed by atoms with van der Waals surface area (Å²) >= 11 is 17.0. The molecule has 8 heteroatoms. The standard InChI is InChI=1S/C9H8Cl3N3OS/c1-17(16)15(6-13)5-7-2-3-8(14-4-7)9(10,11)12/h2-4H,5H2,1H3. The largest absolute Gasteiger partial charge is 0.772 e. The van der Waals surface area contributed by atoms with Crippen molar-refractivity contribution in [3.8, 4) is 6.19 Å². The summed E-state index contributed by atoms with van der Waals surface area (Å²) in [5.74, 6) is 0. The van der Waals surface area contributed by atoms with Crippen molar-refractivity contribution >= 4 is 45.8 Å². The van der Waals surface area contributed by atoms with E-state index in [9.17, 15) is 4.55 Å². The predicted molar refractivity (Wildman–Crippen MR) is 67.1 cm³/mol. The van der Waals surface area contributed by atoms with Crippen LogP contribution >= 0.6 is 34.8 Å². The van der Waals surface area contributed by atoms with E-state index < -0.39 is 14.8 Å². The molecule has 0 aliphatic rings. The van der Waals surface area contributed by atoms with Crippen molar-refractivity contribution in [3.63, 3.8) is 0 Å². The highest BCUT2D eigenvalue weighted by atomic mass is 35.6. The van der Waals surface area contributed by atoms with Gasteiger partial charge in [-0.15, -0.1) is 11.0 Å². The highest BCUT2D eigenvalue weighted by Gasteiger charge is 2.24. The zero-order valence-corrected chi connectivity index (χ0v) is 11.8. The molecule has 1 atom stereocenters. The summed E-state index contributed by atoms with van der Waals surface area (Å²) < 4.78 is 10.7. The van der Waals surface area contributed by atoms with Crippen LogP contribution in [0.15, 0.2) is 18.3 Å². The summed E-state index contributed by atoms with van der Waals surface area (Å²) in [7, 11) is -1.36. The molecule has 92 valence electrons. The first-order valence-corrected chi connectivity index (χ1v) is 7.02. The topological polar surface area (TPSA) is 62.8 Å². The number of hydrogen-bond donors (Lipinski definition) is 0. The van der Waals surface area contributed by atoms with Crippen molar-refractivity contribution in [2.75, 3.05) is 6.26 Å². The third kappa shape index (κ3) is 4.41. The molecule has 17 heavy (non-hydrogen) atoms. The Morgan fingerprint density at radius 1 is 1.53 bits per heavy atom. The monoisotopic (exact) mass is 311 g/mol. The fourth-order valence-electron chi connectivity index (χ4n) is 1.04. The molecule has 0 radical (unpaired) electrons. The molecule has 0 aliphatic heterocycles. The first-order valence-electron chi connectivity index (χ1n) is 4.37. The number of aromatic nitrogens is 1. The molecule has 0 bridgehead atoms. The maximum atomic E-state index is 11.1. The second-order valence-electron chi connectivity index (χ2n) is 3.11. The maximum Gasteiger partial charge on any atom is 0.464 e. The Morgan fingerprint density at radius 3 is 2.53 bits per heavy atom. The minimum Gasteiger partial charge on any atom is -0.772 e. The van der Waals surface area contributed by atoms with E-state index in [1.807, 2.05) is 6.19 Å². The summed E-state index contributed by atoms with van der Waals surface area (Å²) in [6.45, 7) is 0.201. The van der Waals surface area contributed by atoms with Crippen LogP contribution in [-0.2, 0) is 21.3 Å². The van der Waals surface area contributed by atoms with Crippen LogP contribution in [0.4, 0.5) is 0 Å². The van der Waals surface area contributed by atoms with Crippen LogP contribution in [-0.4, -0.2) is 19.7 Å². The van der Waals surface area contributed by atoms with Crippen molar-refractivity contribution in [2.24, 2.45) is 0 Å². The zero-order chi connectivity index (χ0) is 13.1. The first-order chi connectivity index (χ1) is 7.84. The number of hydrogen-bond acceptors (Lipinski definition) is 3. The Bertz CT molecular complexity index is 472. The number of nitriles is 1. The molecule has 1 heterocycles. The van der Waals surface area contributed by atoms with Gasteiger partial charge in [0.2, 0.25) is 3.79 Å². The SMILES string of the molecule is CS([O-])=[N+](C#N)Cc1ccc(C(Cl)(Cl)Cl)nc1. The highest BCUT2D eigenvalue weighted by molar-refractivity contribution is 7.78. The van der Waals surface area contributed by atoms with Gasteiger partial charge >= 0.3 is 6.19 Å². The van der Waals surface area contributed by atoms with Crippen LogP contribution in [0.5, 0.6) is 0 Å². The van der Waals surface area contributed by atoms with Crippen LogP contribution in [0.2, 0.25) is 0 Å². The molecular weight excluding hydrogens is 305 g/mol. The Kier molecular flexibility index (Phi) is 5.17. The van der Waals surface area contributed by atoms with Gasteiger partial charge in [0.1, 0.15) is 6.54 Å². The van der Waals surface area contributed by atoms with Crippen molar-refractivity contribution in [1.29, 1.82) is 5.26 Å². The normalized spacial score (nSPS) is 14.0. The van der Waals surface area contributed by atoms with Gasteiger partial charge in [0, 0.05) is 11.8 Å². The van der Waals surface area contributed by atoms with E-state index in [1.165, 1.54) is 12.5 Å². The molecule has 0 amide bonds. The van der Waals surface area contributed by atoms with Gasteiger partial charge in [-0.25, -0.2) is 0 Å². The van der Waals surface area contributed by atoms with E-state index in [4.69, 9.17) is 40.1 Å². The van der Waals surface area contributed by atoms with E-state index in [-0.39, 0.29) is 6.54 Å². The molecule has 0 spiro atoms. The molecule has 0 saturated heterocycles. The highest BCUT2D eigenvalue weighted by Crippen LogP contribution is 2.36. The lowest BCUT2D eigenvalue weighted by Gasteiger charge is -2.10. The van der Waals surface area contributed by atoms with Crippen LogP contribution in [0.25, 0.3) is 0 Å². The van der Waals surface area contributed by atoms with Gasteiger partial charge < -0.3 is 4.55 Å². The lowest BCUT2D eigenvalue weighted by molar-refractivity contribution is -0.433. The second-order valence-corrected chi connectivity index (χ2v) is 6.68. The fourth-order valence-corrected chi connectivity index (χ4v) is 1.82. The molecule has 1 unspecified atom stereocenters. The molecule has 1 aromatic rings. The number of nitrogens with zero attached hydrogens (tertiary/aromatic N) is 3. The van der Waals surface area contributed by atoms with Gasteiger partial charge in [0.05, 0.1) is 5.69 Å². The lowest BCUT2D eigenvalue weighted by Crippen LogP contribution is -2.11. The van der Waals surface area contributed by atoms with E-state index in [0.717, 1.165) is 3.95 Å². The fraction of sp³-hybridized carbons (Fsp3) is 0.333. The third-order valence-corrected chi connectivity index (χ3v) is 3.28. The molecule has 0 saturated carbocycles. The molecular formula is C9H8Cl3N3OS. The molecule has 4 nitrogen and oxygen atoms in total. The molecule has 0 N–H and O–H groups in total. The summed E-state index contributed by atoms with van der Waals surface area (Å²) in [6.07, 6.45) is 4.73. The van der Waals surface area contributed by atoms with E-state index >= 15 is 0 Å². The smallest absolute Gasteiger partial charge is 0.464 e. The second kappa shape index (κ2) is 5.98. The lowest BCUT2D eigenvalue weighted by atomic mass is 10.2. The third-order valence-electron chi connectivity index (χ3n) is 1.86. The quantitative estimate of drug-likeness (QED) is 0.365. The molecule has 0 aromatic carbocycles. The van der Waals surface area contributed by atoms with Gasteiger partial charge in [0.25, 0.3) is 0 Å². The van der Waals surface area contributed by atoms with Crippen LogP contribution in [0, 0.1) is 11.5 Å². The summed E-state index contributed by atoms with van der Waals surface area (Å²) in [6, 6.07) is 3.22. The minimum atomic E-state index is -1.57. The van der Waals surface area contributed by atoms with Gasteiger partial charge in [-0.2, -0.15) is 3.95 Å². The van der Waals surface area contributed by atoms with Crippen LogP contribution in [0.3, 0.4) is 0 Å².